The minimum atomic E-state index is 0. The molecule has 2 N–H and O–H groups in total. The summed E-state index contributed by atoms with van der Waals surface area (Å²) in [5, 5.41) is 6.87. The third-order valence-electron chi connectivity index (χ3n) is 3.03. The third kappa shape index (κ3) is 4.48. The average Bonchev–Trinajstić information content (AvgIpc) is 2.26. The minimum Gasteiger partial charge on any atom is -0.356 e. The molecule has 0 aliphatic carbocycles. The summed E-state index contributed by atoms with van der Waals surface area (Å²) in [6, 6.07) is 7.66. The van der Waals surface area contributed by atoms with Gasteiger partial charge in [0, 0.05) is 37.0 Å². The summed E-state index contributed by atoms with van der Waals surface area (Å²) in [4.78, 5) is 11.6. The lowest BCUT2D eigenvalue weighted by Crippen LogP contribution is -2.48. The Morgan fingerprint density at radius 2 is 2.11 bits per heavy atom. The first kappa shape index (κ1) is 15.3. The Balaban J connectivity index is 0.00000162. The molecule has 1 aromatic carbocycles. The number of carbonyl (C=O) groups is 1. The molecule has 1 heterocycles. The molecule has 3 nitrogen and oxygen atoms in total. The van der Waals surface area contributed by atoms with Gasteiger partial charge in [-0.3, -0.25) is 4.79 Å². The number of hydrogen-bond donors (Lipinski definition) is 2. The maximum Gasteiger partial charge on any atom is 0.220 e. The Kier molecular flexibility index (Phi) is 6.47. The summed E-state index contributed by atoms with van der Waals surface area (Å²) < 4.78 is 0. The highest BCUT2D eigenvalue weighted by Crippen LogP contribution is 2.16. The van der Waals surface area contributed by atoms with Gasteiger partial charge in [0.1, 0.15) is 0 Å². The maximum atomic E-state index is 11.6. The van der Waals surface area contributed by atoms with Gasteiger partial charge in [-0.1, -0.05) is 29.8 Å². The molecule has 2 rings (SSSR count). The van der Waals surface area contributed by atoms with Crippen LogP contribution in [0.5, 0.6) is 0 Å². The van der Waals surface area contributed by atoms with Gasteiger partial charge in [-0.15, -0.1) is 12.4 Å². The number of amides is 1. The van der Waals surface area contributed by atoms with Gasteiger partial charge in [0.05, 0.1) is 0 Å². The van der Waals surface area contributed by atoms with Crippen LogP contribution in [-0.4, -0.2) is 25.5 Å². The van der Waals surface area contributed by atoms with E-state index in [9.17, 15) is 4.79 Å². The molecule has 1 fully saturated rings. The van der Waals surface area contributed by atoms with Gasteiger partial charge >= 0.3 is 0 Å². The third-order valence-corrected chi connectivity index (χ3v) is 3.40. The largest absolute Gasteiger partial charge is 0.356 e. The fourth-order valence-corrected chi connectivity index (χ4v) is 2.02. The van der Waals surface area contributed by atoms with Crippen LogP contribution in [0.15, 0.2) is 24.3 Å². The molecule has 1 saturated heterocycles. The average molecular weight is 289 g/mol. The summed E-state index contributed by atoms with van der Waals surface area (Å²) in [6.07, 6.45) is 1.21. The van der Waals surface area contributed by atoms with E-state index < -0.39 is 0 Å². The molecule has 0 radical (unpaired) electrons. The van der Waals surface area contributed by atoms with Crippen molar-refractivity contribution in [3.05, 3.63) is 34.9 Å². The topological polar surface area (TPSA) is 41.1 Å². The van der Waals surface area contributed by atoms with Crippen molar-refractivity contribution in [2.75, 3.05) is 19.6 Å². The number of benzene rings is 1. The highest BCUT2D eigenvalue weighted by Gasteiger charge is 2.16. The lowest BCUT2D eigenvalue weighted by molar-refractivity contribution is -0.121. The Morgan fingerprint density at radius 1 is 1.39 bits per heavy atom. The van der Waals surface area contributed by atoms with Crippen molar-refractivity contribution in [2.24, 2.45) is 5.92 Å². The first-order valence-corrected chi connectivity index (χ1v) is 6.34. The van der Waals surface area contributed by atoms with E-state index in [0.717, 1.165) is 30.2 Å². The zero-order valence-corrected chi connectivity index (χ0v) is 11.7. The van der Waals surface area contributed by atoms with Gasteiger partial charge in [0.2, 0.25) is 5.91 Å². The van der Waals surface area contributed by atoms with Crippen LogP contribution >= 0.6 is 24.0 Å². The Hall–Kier alpha value is -0.770. The fourth-order valence-electron chi connectivity index (χ4n) is 1.79. The Labute approximate surface area is 119 Å². The molecule has 100 valence electrons. The van der Waals surface area contributed by atoms with Gasteiger partial charge in [-0.2, -0.15) is 0 Å². The minimum absolute atomic E-state index is 0. The van der Waals surface area contributed by atoms with Gasteiger partial charge in [-0.25, -0.2) is 0 Å². The molecule has 1 amide bonds. The SMILES string of the molecule is Cl.O=C(CCc1ccccc1Cl)NCC1CNC1. The molecule has 0 unspecified atom stereocenters. The van der Waals surface area contributed by atoms with Crippen molar-refractivity contribution in [1.82, 2.24) is 10.6 Å². The molecule has 0 atom stereocenters. The van der Waals surface area contributed by atoms with Crippen LogP contribution in [0.3, 0.4) is 0 Å². The van der Waals surface area contributed by atoms with E-state index in [1.807, 2.05) is 24.3 Å². The lowest BCUT2D eigenvalue weighted by atomic mass is 10.0. The first-order valence-electron chi connectivity index (χ1n) is 5.96. The molecule has 1 aliphatic heterocycles. The Bertz CT molecular complexity index is 394. The number of hydrogen-bond acceptors (Lipinski definition) is 2. The summed E-state index contributed by atoms with van der Waals surface area (Å²) in [5.41, 5.74) is 1.04. The summed E-state index contributed by atoms with van der Waals surface area (Å²) in [7, 11) is 0. The van der Waals surface area contributed by atoms with E-state index in [1.54, 1.807) is 0 Å². The van der Waals surface area contributed by atoms with Crippen molar-refractivity contribution in [3.63, 3.8) is 0 Å². The zero-order chi connectivity index (χ0) is 12.1. The second kappa shape index (κ2) is 7.62. The molecular weight excluding hydrogens is 271 g/mol. The zero-order valence-electron chi connectivity index (χ0n) is 10.1. The Morgan fingerprint density at radius 3 is 2.72 bits per heavy atom. The van der Waals surface area contributed by atoms with Gasteiger partial charge in [-0.05, 0) is 18.1 Å². The van der Waals surface area contributed by atoms with Crippen LogP contribution in [-0.2, 0) is 11.2 Å². The molecular formula is C13H18Cl2N2O. The van der Waals surface area contributed by atoms with Gasteiger partial charge in [0.25, 0.3) is 0 Å². The van der Waals surface area contributed by atoms with Crippen LogP contribution in [0.1, 0.15) is 12.0 Å². The second-order valence-corrected chi connectivity index (χ2v) is 4.83. The van der Waals surface area contributed by atoms with Crippen LogP contribution in [0.2, 0.25) is 5.02 Å². The van der Waals surface area contributed by atoms with E-state index >= 15 is 0 Å². The molecule has 18 heavy (non-hydrogen) atoms. The predicted molar refractivity (Wildman–Crippen MR) is 76.4 cm³/mol. The van der Waals surface area contributed by atoms with Crippen molar-refractivity contribution in [3.8, 4) is 0 Å². The van der Waals surface area contributed by atoms with Crippen molar-refractivity contribution >= 4 is 29.9 Å². The van der Waals surface area contributed by atoms with Crippen molar-refractivity contribution in [1.29, 1.82) is 0 Å². The molecule has 0 bridgehead atoms. The van der Waals surface area contributed by atoms with E-state index in [-0.39, 0.29) is 18.3 Å². The summed E-state index contributed by atoms with van der Waals surface area (Å²) >= 11 is 6.03. The van der Waals surface area contributed by atoms with E-state index in [4.69, 9.17) is 11.6 Å². The quantitative estimate of drug-likeness (QED) is 0.871. The highest BCUT2D eigenvalue weighted by atomic mass is 35.5. The number of aryl methyl sites for hydroxylation is 1. The fraction of sp³-hybridized carbons (Fsp3) is 0.462. The van der Waals surface area contributed by atoms with E-state index in [2.05, 4.69) is 10.6 Å². The van der Waals surface area contributed by atoms with Crippen LogP contribution in [0.25, 0.3) is 0 Å². The molecule has 1 aliphatic rings. The molecule has 0 aromatic heterocycles. The predicted octanol–water partition coefficient (Wildman–Crippen LogP) is 2.03. The second-order valence-electron chi connectivity index (χ2n) is 4.42. The highest BCUT2D eigenvalue weighted by molar-refractivity contribution is 6.31. The summed E-state index contributed by atoms with van der Waals surface area (Å²) in [5.74, 6) is 0.719. The standard InChI is InChI=1S/C13H17ClN2O.ClH/c14-12-4-2-1-3-11(12)5-6-13(17)16-9-10-7-15-8-10;/h1-4,10,15H,5-9H2,(H,16,17);1H. The molecule has 1 aromatic rings. The number of carbonyl (C=O) groups excluding carboxylic acids is 1. The van der Waals surface area contributed by atoms with Crippen LogP contribution < -0.4 is 10.6 Å². The van der Waals surface area contributed by atoms with Gasteiger partial charge in [0.15, 0.2) is 0 Å². The first-order chi connectivity index (χ1) is 8.25. The van der Waals surface area contributed by atoms with E-state index in [1.165, 1.54) is 0 Å². The molecule has 0 saturated carbocycles. The monoisotopic (exact) mass is 288 g/mol. The number of rotatable bonds is 5. The van der Waals surface area contributed by atoms with Crippen LogP contribution in [0, 0.1) is 5.92 Å². The normalized spacial score (nSPS) is 14.5. The van der Waals surface area contributed by atoms with Crippen molar-refractivity contribution in [2.45, 2.75) is 12.8 Å². The maximum absolute atomic E-state index is 11.6. The van der Waals surface area contributed by atoms with E-state index in [0.29, 0.717) is 18.8 Å². The van der Waals surface area contributed by atoms with Crippen molar-refractivity contribution < 1.29 is 4.79 Å². The summed E-state index contributed by atoms with van der Waals surface area (Å²) in [6.45, 7) is 2.82. The van der Waals surface area contributed by atoms with Crippen LogP contribution in [0.4, 0.5) is 0 Å². The van der Waals surface area contributed by atoms with Gasteiger partial charge < -0.3 is 10.6 Å². The number of nitrogens with one attached hydrogen (secondary N) is 2. The molecule has 5 heteroatoms. The smallest absolute Gasteiger partial charge is 0.220 e. The number of halogens is 2. The lowest BCUT2D eigenvalue weighted by Gasteiger charge is -2.27. The molecule has 0 spiro atoms.